The van der Waals surface area contributed by atoms with Gasteiger partial charge in [-0.1, -0.05) is 20.7 Å². The van der Waals surface area contributed by atoms with Crippen LogP contribution < -0.4 is 11.3 Å². The van der Waals surface area contributed by atoms with Crippen molar-refractivity contribution in [3.63, 3.8) is 0 Å². The number of morpholine rings is 1. The zero-order valence-corrected chi connectivity index (χ0v) is 16.2. The summed E-state index contributed by atoms with van der Waals surface area (Å²) in [5, 5.41) is 18.6. The summed E-state index contributed by atoms with van der Waals surface area (Å²) >= 11 is 0. The fourth-order valence-corrected chi connectivity index (χ4v) is 4.82. The molecule has 2 aliphatic rings. The van der Waals surface area contributed by atoms with E-state index in [0.717, 1.165) is 29.8 Å². The highest BCUT2D eigenvalue weighted by molar-refractivity contribution is 7.47. The fourth-order valence-electron chi connectivity index (χ4n) is 3.21. The quantitative estimate of drug-likeness (QED) is 0.406. The molecule has 8 heteroatoms. The Balaban J connectivity index is 1.96. The standard InChI is InChI=1S/C18H25BN4O2P/c1-18(2,24)13-10-16(23-6-8-25-9-7-23)26-17(12(13)11-20)19-14-4-3-5-15(21)22-14/h3-5,10-11,17,20,24,26H,6-9H2,1-2H3,(H2,21,22). The van der Waals surface area contributed by atoms with E-state index < -0.39 is 5.60 Å². The predicted molar refractivity (Wildman–Crippen MR) is 109 cm³/mol. The van der Waals surface area contributed by atoms with Gasteiger partial charge in [-0.15, -0.1) is 0 Å². The van der Waals surface area contributed by atoms with Crippen LogP contribution in [0.1, 0.15) is 13.8 Å². The van der Waals surface area contributed by atoms with Gasteiger partial charge in [0.25, 0.3) is 0 Å². The summed E-state index contributed by atoms with van der Waals surface area (Å²) < 4.78 is 5.47. The topological polar surface area (TPSA) is 95.5 Å². The number of ether oxygens (including phenoxy) is 1. The lowest BCUT2D eigenvalue weighted by molar-refractivity contribution is 0.0571. The maximum atomic E-state index is 10.7. The molecule has 3 rings (SSSR count). The number of nitrogens with one attached hydrogen (secondary N) is 1. The van der Waals surface area contributed by atoms with Crippen LogP contribution in [0.15, 0.2) is 40.9 Å². The normalized spacial score (nSPS) is 22.3. The average Bonchev–Trinajstić information content (AvgIpc) is 2.61. The van der Waals surface area contributed by atoms with E-state index in [1.54, 1.807) is 19.9 Å². The molecule has 1 fully saturated rings. The van der Waals surface area contributed by atoms with Crippen LogP contribution in [0.25, 0.3) is 0 Å². The Kier molecular flexibility index (Phi) is 5.81. The number of pyridine rings is 1. The molecule has 26 heavy (non-hydrogen) atoms. The third kappa shape index (κ3) is 4.34. The molecule has 3 heterocycles. The molecule has 1 radical (unpaired) electrons. The van der Waals surface area contributed by atoms with Gasteiger partial charge in [0.15, 0.2) is 7.28 Å². The van der Waals surface area contributed by atoms with Gasteiger partial charge >= 0.3 is 0 Å². The molecule has 0 bridgehead atoms. The molecule has 0 amide bonds. The zero-order chi connectivity index (χ0) is 18.7. The van der Waals surface area contributed by atoms with E-state index in [0.29, 0.717) is 27.6 Å². The monoisotopic (exact) mass is 371 g/mol. The second-order valence-electron chi connectivity index (χ2n) is 6.98. The number of anilines is 1. The molecule has 6 nitrogen and oxygen atoms in total. The van der Waals surface area contributed by atoms with Gasteiger partial charge in [0.2, 0.25) is 0 Å². The highest BCUT2D eigenvalue weighted by Gasteiger charge is 2.32. The first-order valence-electron chi connectivity index (χ1n) is 8.74. The van der Waals surface area contributed by atoms with Gasteiger partial charge in [0.1, 0.15) is 5.82 Å². The SMILES string of the molecule is CC(C)(O)C1=C(C=N)C([B]c2cccc(N)n2)PC(N2CCOCC2)=C1. The van der Waals surface area contributed by atoms with Gasteiger partial charge in [-0.05, 0) is 48.3 Å². The Morgan fingerprint density at radius 2 is 2.15 bits per heavy atom. The van der Waals surface area contributed by atoms with Crippen molar-refractivity contribution in [2.45, 2.75) is 25.0 Å². The van der Waals surface area contributed by atoms with Crippen LogP contribution in [0.4, 0.5) is 5.82 Å². The number of nitrogen functional groups attached to an aromatic ring is 1. The smallest absolute Gasteiger partial charge is 0.192 e. The molecule has 0 aliphatic carbocycles. The van der Waals surface area contributed by atoms with Crippen molar-refractivity contribution in [2.24, 2.45) is 0 Å². The van der Waals surface area contributed by atoms with E-state index in [1.807, 2.05) is 19.4 Å². The van der Waals surface area contributed by atoms with Gasteiger partial charge in [0.05, 0.1) is 18.8 Å². The first-order chi connectivity index (χ1) is 12.4. The number of aliphatic hydroxyl groups is 1. The van der Waals surface area contributed by atoms with Gasteiger partial charge in [-0.3, -0.25) is 0 Å². The highest BCUT2D eigenvalue weighted by atomic mass is 31.1. The van der Waals surface area contributed by atoms with Crippen LogP contribution >= 0.6 is 8.58 Å². The molecule has 2 atom stereocenters. The second kappa shape index (κ2) is 7.91. The van der Waals surface area contributed by atoms with Gasteiger partial charge in [-0.2, -0.15) is 0 Å². The molecule has 1 aromatic heterocycles. The molecule has 0 aromatic carbocycles. The van der Waals surface area contributed by atoms with Crippen molar-refractivity contribution in [1.82, 2.24) is 9.88 Å². The minimum atomic E-state index is -1.02. The van der Waals surface area contributed by atoms with Gasteiger partial charge in [-0.25, -0.2) is 4.98 Å². The predicted octanol–water partition coefficient (Wildman–Crippen LogP) is 0.902. The van der Waals surface area contributed by atoms with Crippen molar-refractivity contribution < 1.29 is 9.84 Å². The van der Waals surface area contributed by atoms with Crippen molar-refractivity contribution in [3.8, 4) is 0 Å². The molecule has 0 spiro atoms. The molecule has 2 unspecified atom stereocenters. The number of nitrogens with zero attached hydrogens (tertiary/aromatic N) is 2. The second-order valence-corrected chi connectivity index (χ2v) is 8.40. The van der Waals surface area contributed by atoms with E-state index in [-0.39, 0.29) is 5.56 Å². The minimum Gasteiger partial charge on any atom is -0.386 e. The van der Waals surface area contributed by atoms with Crippen LogP contribution in [0.2, 0.25) is 0 Å². The van der Waals surface area contributed by atoms with Crippen LogP contribution in [-0.2, 0) is 4.74 Å². The molecule has 0 saturated carbocycles. The zero-order valence-electron chi connectivity index (χ0n) is 15.2. The van der Waals surface area contributed by atoms with Crippen LogP contribution in [-0.4, -0.2) is 65.9 Å². The molecular weight excluding hydrogens is 346 g/mol. The van der Waals surface area contributed by atoms with E-state index >= 15 is 0 Å². The fraction of sp³-hybridized carbons (Fsp3) is 0.444. The Hall–Kier alpha value is -1.69. The molecule has 2 aliphatic heterocycles. The lowest BCUT2D eigenvalue weighted by atomic mass is 9.66. The van der Waals surface area contributed by atoms with Gasteiger partial charge < -0.3 is 25.9 Å². The number of aromatic nitrogens is 1. The van der Waals surface area contributed by atoms with Crippen LogP contribution in [0.5, 0.6) is 0 Å². The van der Waals surface area contributed by atoms with Crippen molar-refractivity contribution in [1.29, 1.82) is 5.41 Å². The molecular formula is C18H25BN4O2P. The third-order valence-corrected chi connectivity index (χ3v) is 6.07. The molecule has 4 N–H and O–H groups in total. The van der Waals surface area contributed by atoms with E-state index in [1.165, 1.54) is 11.7 Å². The molecule has 137 valence electrons. The summed E-state index contributed by atoms with van der Waals surface area (Å²) in [6.07, 6.45) is 3.42. The highest BCUT2D eigenvalue weighted by Crippen LogP contribution is 2.43. The van der Waals surface area contributed by atoms with Gasteiger partial charge in [0, 0.05) is 24.7 Å². The summed E-state index contributed by atoms with van der Waals surface area (Å²) in [6.45, 7) is 6.66. The Morgan fingerprint density at radius 1 is 1.42 bits per heavy atom. The summed E-state index contributed by atoms with van der Waals surface area (Å²) in [7, 11) is 2.51. The maximum absolute atomic E-state index is 10.7. The maximum Gasteiger partial charge on any atom is 0.192 e. The number of hydrogen-bond acceptors (Lipinski definition) is 6. The lowest BCUT2D eigenvalue weighted by Crippen LogP contribution is -2.39. The summed E-state index contributed by atoms with van der Waals surface area (Å²) in [4.78, 5) is 6.70. The first kappa shape index (κ1) is 19.1. The number of allylic oxidation sites excluding steroid dienone is 1. The average molecular weight is 371 g/mol. The van der Waals surface area contributed by atoms with Crippen LogP contribution in [0, 0.1) is 5.41 Å². The van der Waals surface area contributed by atoms with E-state index in [2.05, 4.69) is 16.0 Å². The lowest BCUT2D eigenvalue weighted by Gasteiger charge is -2.38. The summed E-state index contributed by atoms with van der Waals surface area (Å²) in [6, 6.07) is 5.55. The van der Waals surface area contributed by atoms with E-state index in [4.69, 9.17) is 15.9 Å². The third-order valence-electron chi connectivity index (χ3n) is 4.53. The first-order valence-corrected chi connectivity index (χ1v) is 9.82. The van der Waals surface area contributed by atoms with Crippen molar-refractivity contribution in [3.05, 3.63) is 40.9 Å². The Morgan fingerprint density at radius 3 is 2.77 bits per heavy atom. The molecule has 1 saturated heterocycles. The van der Waals surface area contributed by atoms with Crippen molar-refractivity contribution >= 4 is 33.5 Å². The number of hydrogen-bond donors (Lipinski definition) is 3. The minimum absolute atomic E-state index is 0.00827. The molecule has 1 aromatic rings. The Bertz CT molecular complexity index is 739. The number of nitrogens with two attached hydrogens (primary N) is 1. The van der Waals surface area contributed by atoms with E-state index in [9.17, 15) is 5.11 Å². The summed E-state index contributed by atoms with van der Waals surface area (Å²) in [5.41, 5.74) is 8.39. The van der Waals surface area contributed by atoms with Crippen LogP contribution in [0.3, 0.4) is 0 Å². The number of rotatable bonds is 5. The largest absolute Gasteiger partial charge is 0.386 e. The Labute approximate surface area is 157 Å². The summed E-state index contributed by atoms with van der Waals surface area (Å²) in [5.74, 6) is 0.477. The van der Waals surface area contributed by atoms with Crippen molar-refractivity contribution in [2.75, 3.05) is 32.0 Å².